The van der Waals surface area contributed by atoms with E-state index in [0.29, 0.717) is 5.92 Å². The van der Waals surface area contributed by atoms with Gasteiger partial charge in [0.2, 0.25) is 11.6 Å². The molecule has 1 saturated carbocycles. The molecule has 2 saturated heterocycles. The Morgan fingerprint density at radius 1 is 1.15 bits per heavy atom. The van der Waals surface area contributed by atoms with Gasteiger partial charge in [-0.05, 0) is 33.1 Å². The molecule has 4 bridgehead atoms. The molecular formula is C10H16O3. The summed E-state index contributed by atoms with van der Waals surface area (Å²) >= 11 is 0. The van der Waals surface area contributed by atoms with Gasteiger partial charge in [-0.3, -0.25) is 0 Å². The van der Waals surface area contributed by atoms with Crippen LogP contribution in [0, 0.1) is 11.3 Å². The molecule has 74 valence electrons. The van der Waals surface area contributed by atoms with Gasteiger partial charge in [-0.2, -0.15) is 9.78 Å². The zero-order chi connectivity index (χ0) is 9.32. The molecule has 2 heterocycles. The normalized spacial score (nSPS) is 64.4. The van der Waals surface area contributed by atoms with Crippen LogP contribution in [0.2, 0.25) is 0 Å². The third kappa shape index (κ3) is 0.767. The maximum atomic E-state index is 5.92. The highest BCUT2D eigenvalue weighted by atomic mass is 17.3. The number of fused-ring (bicyclic) bond motifs is 6. The fourth-order valence-electron chi connectivity index (χ4n) is 3.06. The molecule has 3 aliphatic rings. The van der Waals surface area contributed by atoms with E-state index < -0.39 is 11.6 Å². The van der Waals surface area contributed by atoms with Crippen LogP contribution in [0.5, 0.6) is 0 Å². The molecule has 3 nitrogen and oxygen atoms in total. The minimum absolute atomic E-state index is 0.147. The zero-order valence-electron chi connectivity index (χ0n) is 8.42. The summed E-state index contributed by atoms with van der Waals surface area (Å²) in [5.41, 5.74) is 0.147. The zero-order valence-corrected chi connectivity index (χ0v) is 8.42. The lowest BCUT2D eigenvalue weighted by Crippen LogP contribution is -2.50. The molecule has 2 aliphatic heterocycles. The summed E-state index contributed by atoms with van der Waals surface area (Å²) in [4.78, 5) is 10.7. The first kappa shape index (κ1) is 8.21. The lowest BCUT2D eigenvalue weighted by molar-refractivity contribution is -0.359. The van der Waals surface area contributed by atoms with Gasteiger partial charge in [0.05, 0.1) is 0 Å². The van der Waals surface area contributed by atoms with Crippen molar-refractivity contribution in [1.82, 2.24) is 0 Å². The first-order valence-electron chi connectivity index (χ1n) is 5.05. The van der Waals surface area contributed by atoms with E-state index in [1.165, 1.54) is 19.3 Å². The number of hydrogen-bond donors (Lipinski definition) is 0. The molecule has 0 aromatic carbocycles. The van der Waals surface area contributed by atoms with Crippen LogP contribution in [0.1, 0.15) is 40.0 Å². The maximum Gasteiger partial charge on any atom is 0.207 e. The maximum absolute atomic E-state index is 5.92. The van der Waals surface area contributed by atoms with Gasteiger partial charge in [0.25, 0.3) is 0 Å². The quantitative estimate of drug-likeness (QED) is 0.540. The highest BCUT2D eigenvalue weighted by Crippen LogP contribution is 2.63. The molecular weight excluding hydrogens is 168 g/mol. The van der Waals surface area contributed by atoms with Crippen molar-refractivity contribution in [3.05, 3.63) is 0 Å². The molecule has 0 spiro atoms. The van der Waals surface area contributed by atoms with E-state index in [1.807, 2.05) is 13.8 Å². The minimum Gasteiger partial charge on any atom is -0.312 e. The first-order valence-corrected chi connectivity index (χ1v) is 5.05. The Hall–Kier alpha value is -0.120. The van der Waals surface area contributed by atoms with Crippen LogP contribution in [-0.4, -0.2) is 11.6 Å². The Kier molecular flexibility index (Phi) is 1.23. The van der Waals surface area contributed by atoms with E-state index in [2.05, 4.69) is 6.92 Å². The summed E-state index contributed by atoms with van der Waals surface area (Å²) in [6.07, 6.45) is 3.55. The Balaban J connectivity index is 2.09. The smallest absolute Gasteiger partial charge is 0.207 e. The van der Waals surface area contributed by atoms with Crippen LogP contribution < -0.4 is 0 Å². The van der Waals surface area contributed by atoms with Crippen molar-refractivity contribution < 1.29 is 14.5 Å². The van der Waals surface area contributed by atoms with Crippen molar-refractivity contribution in [1.29, 1.82) is 0 Å². The summed E-state index contributed by atoms with van der Waals surface area (Å²) in [5.74, 6) is -0.493. The van der Waals surface area contributed by atoms with Crippen molar-refractivity contribution in [2.24, 2.45) is 11.3 Å². The monoisotopic (exact) mass is 184 g/mol. The van der Waals surface area contributed by atoms with Crippen LogP contribution >= 0.6 is 0 Å². The molecule has 4 atom stereocenters. The molecule has 13 heavy (non-hydrogen) atoms. The summed E-state index contributed by atoms with van der Waals surface area (Å²) in [5, 5.41) is 0. The molecule has 0 aromatic heterocycles. The second-order valence-corrected chi connectivity index (χ2v) is 5.23. The van der Waals surface area contributed by atoms with E-state index in [4.69, 9.17) is 14.5 Å². The van der Waals surface area contributed by atoms with Gasteiger partial charge in [0, 0.05) is 11.3 Å². The molecule has 3 heteroatoms. The molecule has 1 aliphatic carbocycles. The SMILES string of the molecule is C[C@]12OO[C@](C)(O1)[C@]1(C)CC[C@H]2C1. The van der Waals surface area contributed by atoms with Crippen molar-refractivity contribution in [2.45, 2.75) is 51.6 Å². The molecule has 3 rings (SSSR count). The molecule has 0 unspecified atom stereocenters. The summed E-state index contributed by atoms with van der Waals surface area (Å²) < 4.78 is 5.92. The van der Waals surface area contributed by atoms with E-state index in [1.54, 1.807) is 0 Å². The number of ether oxygens (including phenoxy) is 1. The second-order valence-electron chi connectivity index (χ2n) is 5.23. The van der Waals surface area contributed by atoms with Gasteiger partial charge in [0.1, 0.15) is 0 Å². The fraction of sp³-hybridized carbons (Fsp3) is 1.00. The van der Waals surface area contributed by atoms with Gasteiger partial charge in [-0.1, -0.05) is 6.92 Å². The fourth-order valence-corrected chi connectivity index (χ4v) is 3.06. The average molecular weight is 184 g/mol. The van der Waals surface area contributed by atoms with Crippen LogP contribution in [-0.2, 0) is 14.5 Å². The Labute approximate surface area is 78.3 Å². The highest BCUT2D eigenvalue weighted by Gasteiger charge is 2.68. The summed E-state index contributed by atoms with van der Waals surface area (Å²) in [6.45, 7) is 6.23. The minimum atomic E-state index is -0.519. The average Bonchev–Trinajstić information content (AvgIpc) is 2.54. The Morgan fingerprint density at radius 2 is 1.92 bits per heavy atom. The molecule has 0 radical (unpaired) electrons. The largest absolute Gasteiger partial charge is 0.312 e. The lowest BCUT2D eigenvalue weighted by atomic mass is 9.77. The summed E-state index contributed by atoms with van der Waals surface area (Å²) in [7, 11) is 0. The highest BCUT2D eigenvalue weighted by molar-refractivity contribution is 5.04. The van der Waals surface area contributed by atoms with Crippen LogP contribution in [0.15, 0.2) is 0 Å². The van der Waals surface area contributed by atoms with Crippen molar-refractivity contribution in [3.63, 3.8) is 0 Å². The number of hydrogen-bond acceptors (Lipinski definition) is 3. The van der Waals surface area contributed by atoms with E-state index in [9.17, 15) is 0 Å². The van der Waals surface area contributed by atoms with Crippen molar-refractivity contribution >= 4 is 0 Å². The van der Waals surface area contributed by atoms with Gasteiger partial charge in [0.15, 0.2) is 0 Å². The second kappa shape index (κ2) is 1.95. The van der Waals surface area contributed by atoms with Gasteiger partial charge >= 0.3 is 0 Å². The van der Waals surface area contributed by atoms with E-state index in [-0.39, 0.29) is 5.41 Å². The molecule has 0 aromatic rings. The van der Waals surface area contributed by atoms with Crippen LogP contribution in [0.4, 0.5) is 0 Å². The molecule has 0 amide bonds. The first-order chi connectivity index (χ1) is 5.98. The Bertz CT molecular complexity index is 267. The van der Waals surface area contributed by atoms with Crippen molar-refractivity contribution in [2.75, 3.05) is 0 Å². The van der Waals surface area contributed by atoms with Gasteiger partial charge < -0.3 is 4.74 Å². The van der Waals surface area contributed by atoms with E-state index >= 15 is 0 Å². The number of rotatable bonds is 0. The molecule has 3 fully saturated rings. The van der Waals surface area contributed by atoms with E-state index in [0.717, 1.165) is 0 Å². The van der Waals surface area contributed by atoms with Gasteiger partial charge in [-0.15, -0.1) is 0 Å². The lowest BCUT2D eigenvalue weighted by Gasteiger charge is -2.42. The van der Waals surface area contributed by atoms with Crippen LogP contribution in [0.25, 0.3) is 0 Å². The van der Waals surface area contributed by atoms with Crippen molar-refractivity contribution in [3.8, 4) is 0 Å². The predicted molar refractivity (Wildman–Crippen MR) is 45.5 cm³/mol. The Morgan fingerprint density at radius 3 is 2.69 bits per heavy atom. The van der Waals surface area contributed by atoms with Crippen LogP contribution in [0.3, 0.4) is 0 Å². The topological polar surface area (TPSA) is 27.7 Å². The predicted octanol–water partition coefficient (Wildman–Crippen LogP) is 2.22. The van der Waals surface area contributed by atoms with Gasteiger partial charge in [-0.25, -0.2) is 0 Å². The molecule has 0 N–H and O–H groups in total. The third-order valence-corrected chi connectivity index (χ3v) is 4.34. The summed E-state index contributed by atoms with van der Waals surface area (Å²) in [6, 6.07) is 0. The third-order valence-electron chi connectivity index (χ3n) is 4.34. The standard InChI is InChI=1S/C10H16O3/c1-8-5-4-7(6-8)9(2)11-10(8,3)13-12-9/h7H,4-6H2,1-3H3/t7-,8+,9+,10-/m0/s1.